The minimum Gasteiger partial charge on any atom is -0.465 e. The molecule has 20 heavy (non-hydrogen) atoms. The van der Waals surface area contributed by atoms with Crippen LogP contribution in [0.1, 0.15) is 61.9 Å². The molecular formula is C18H24O2. The summed E-state index contributed by atoms with van der Waals surface area (Å²) in [7, 11) is 1.41. The molecule has 1 aromatic carbocycles. The van der Waals surface area contributed by atoms with Gasteiger partial charge in [-0.2, -0.15) is 0 Å². The van der Waals surface area contributed by atoms with E-state index in [0.717, 1.165) is 12.8 Å². The van der Waals surface area contributed by atoms with Gasteiger partial charge in [0.2, 0.25) is 0 Å². The van der Waals surface area contributed by atoms with Gasteiger partial charge in [-0.3, -0.25) is 0 Å². The maximum atomic E-state index is 11.4. The number of carbonyl (C=O) groups is 1. The number of benzene rings is 1. The molecule has 0 heterocycles. The van der Waals surface area contributed by atoms with E-state index in [4.69, 9.17) is 4.74 Å². The van der Waals surface area contributed by atoms with Gasteiger partial charge in [-0.1, -0.05) is 38.5 Å². The molecule has 1 aromatic rings. The molecule has 0 radical (unpaired) electrons. The maximum Gasteiger partial charge on any atom is 0.337 e. The largest absolute Gasteiger partial charge is 0.465 e. The molecule has 1 unspecified atom stereocenters. The lowest BCUT2D eigenvalue weighted by molar-refractivity contribution is 0.0600. The average molecular weight is 272 g/mol. The van der Waals surface area contributed by atoms with Crippen molar-refractivity contribution in [1.82, 2.24) is 0 Å². The molecule has 0 aromatic heterocycles. The van der Waals surface area contributed by atoms with Gasteiger partial charge in [-0.05, 0) is 54.4 Å². The standard InChI is InChI=1S/C18H24O2/c1-4-11-18(2)12-9-15(10-13-18)14-5-7-16(8-6-14)17(19)20-3/h5-9H,4,10-13H2,1-3H3. The number of allylic oxidation sites excluding steroid dienone is 2. The maximum absolute atomic E-state index is 11.4. The first-order valence-electron chi connectivity index (χ1n) is 7.46. The number of ether oxygens (including phenoxy) is 1. The van der Waals surface area contributed by atoms with Crippen molar-refractivity contribution in [3.63, 3.8) is 0 Å². The highest BCUT2D eigenvalue weighted by Crippen LogP contribution is 2.41. The predicted octanol–water partition coefficient (Wildman–Crippen LogP) is 4.85. The summed E-state index contributed by atoms with van der Waals surface area (Å²) in [6.07, 6.45) is 8.49. The summed E-state index contributed by atoms with van der Waals surface area (Å²) in [4.78, 5) is 11.4. The third-order valence-electron chi connectivity index (χ3n) is 4.37. The molecule has 0 aliphatic heterocycles. The first-order valence-corrected chi connectivity index (χ1v) is 7.46. The second kappa shape index (κ2) is 6.25. The van der Waals surface area contributed by atoms with Gasteiger partial charge in [-0.25, -0.2) is 4.79 Å². The molecule has 2 rings (SSSR count). The zero-order valence-corrected chi connectivity index (χ0v) is 12.7. The van der Waals surface area contributed by atoms with E-state index in [1.54, 1.807) is 0 Å². The minimum atomic E-state index is -0.273. The Morgan fingerprint density at radius 2 is 2.00 bits per heavy atom. The molecule has 0 spiro atoms. The number of carbonyl (C=O) groups excluding carboxylic acids is 1. The Hall–Kier alpha value is -1.57. The Morgan fingerprint density at radius 3 is 2.50 bits per heavy atom. The van der Waals surface area contributed by atoms with Gasteiger partial charge in [0, 0.05) is 0 Å². The third-order valence-corrected chi connectivity index (χ3v) is 4.37. The fourth-order valence-electron chi connectivity index (χ4n) is 3.04. The van der Waals surface area contributed by atoms with Crippen molar-refractivity contribution in [2.45, 2.75) is 46.0 Å². The molecule has 0 saturated heterocycles. The molecule has 1 aliphatic rings. The van der Waals surface area contributed by atoms with Crippen LogP contribution in [0.2, 0.25) is 0 Å². The van der Waals surface area contributed by atoms with E-state index in [0.29, 0.717) is 11.0 Å². The Morgan fingerprint density at radius 1 is 1.30 bits per heavy atom. The zero-order valence-electron chi connectivity index (χ0n) is 12.7. The Labute approximate surface area is 121 Å². The van der Waals surface area contributed by atoms with Gasteiger partial charge < -0.3 is 4.74 Å². The highest BCUT2D eigenvalue weighted by Gasteiger charge is 2.26. The summed E-state index contributed by atoms with van der Waals surface area (Å²) in [5.41, 5.74) is 3.74. The molecule has 0 amide bonds. The second-order valence-electron chi connectivity index (χ2n) is 6.06. The monoisotopic (exact) mass is 272 g/mol. The van der Waals surface area contributed by atoms with Gasteiger partial charge in [0.15, 0.2) is 0 Å². The fraction of sp³-hybridized carbons (Fsp3) is 0.500. The van der Waals surface area contributed by atoms with Crippen molar-refractivity contribution in [3.8, 4) is 0 Å². The smallest absolute Gasteiger partial charge is 0.337 e. The Balaban J connectivity index is 2.10. The summed E-state index contributed by atoms with van der Waals surface area (Å²) in [5, 5.41) is 0. The summed E-state index contributed by atoms with van der Waals surface area (Å²) in [5.74, 6) is -0.273. The van der Waals surface area contributed by atoms with Crippen LogP contribution in [0.3, 0.4) is 0 Å². The quantitative estimate of drug-likeness (QED) is 0.733. The number of esters is 1. The molecule has 108 valence electrons. The van der Waals surface area contributed by atoms with Crippen molar-refractivity contribution in [2.75, 3.05) is 7.11 Å². The summed E-state index contributed by atoms with van der Waals surface area (Å²) in [6.45, 7) is 4.65. The molecule has 2 heteroatoms. The SMILES string of the molecule is CCCC1(C)CC=C(c2ccc(C(=O)OC)cc2)CC1. The first kappa shape index (κ1) is 14.8. The molecule has 0 N–H and O–H groups in total. The van der Waals surface area contributed by atoms with Crippen LogP contribution in [0.15, 0.2) is 30.3 Å². The Kier molecular flexibility index (Phi) is 4.64. The van der Waals surface area contributed by atoms with E-state index in [1.165, 1.54) is 37.5 Å². The lowest BCUT2D eigenvalue weighted by Crippen LogP contribution is -2.18. The molecular weight excluding hydrogens is 248 g/mol. The van der Waals surface area contributed by atoms with Crippen LogP contribution in [0, 0.1) is 5.41 Å². The number of hydrogen-bond acceptors (Lipinski definition) is 2. The third kappa shape index (κ3) is 3.30. The normalized spacial score (nSPS) is 22.2. The van der Waals surface area contributed by atoms with E-state index in [2.05, 4.69) is 19.9 Å². The summed E-state index contributed by atoms with van der Waals surface area (Å²) in [6, 6.07) is 7.75. The minimum absolute atomic E-state index is 0.273. The second-order valence-corrected chi connectivity index (χ2v) is 6.06. The van der Waals surface area contributed by atoms with E-state index in [1.807, 2.05) is 24.3 Å². The van der Waals surface area contributed by atoms with Crippen LogP contribution >= 0.6 is 0 Å². The average Bonchev–Trinajstić information content (AvgIpc) is 2.47. The van der Waals surface area contributed by atoms with E-state index < -0.39 is 0 Å². The van der Waals surface area contributed by atoms with Crippen LogP contribution in [-0.2, 0) is 4.74 Å². The highest BCUT2D eigenvalue weighted by atomic mass is 16.5. The van der Waals surface area contributed by atoms with Crippen molar-refractivity contribution < 1.29 is 9.53 Å². The number of methoxy groups -OCH3 is 1. The van der Waals surface area contributed by atoms with Gasteiger partial charge in [0.1, 0.15) is 0 Å². The molecule has 1 aliphatic carbocycles. The number of hydrogen-bond donors (Lipinski definition) is 0. The van der Waals surface area contributed by atoms with Crippen molar-refractivity contribution in [2.24, 2.45) is 5.41 Å². The zero-order chi connectivity index (χ0) is 14.6. The van der Waals surface area contributed by atoms with Crippen molar-refractivity contribution in [3.05, 3.63) is 41.5 Å². The van der Waals surface area contributed by atoms with E-state index >= 15 is 0 Å². The van der Waals surface area contributed by atoms with Crippen LogP contribution in [-0.4, -0.2) is 13.1 Å². The van der Waals surface area contributed by atoms with Gasteiger partial charge >= 0.3 is 5.97 Å². The van der Waals surface area contributed by atoms with Gasteiger partial charge in [0.25, 0.3) is 0 Å². The van der Waals surface area contributed by atoms with Gasteiger partial charge in [-0.15, -0.1) is 0 Å². The molecule has 0 bridgehead atoms. The summed E-state index contributed by atoms with van der Waals surface area (Å²) >= 11 is 0. The van der Waals surface area contributed by atoms with E-state index in [9.17, 15) is 4.79 Å². The first-order chi connectivity index (χ1) is 9.58. The van der Waals surface area contributed by atoms with Crippen LogP contribution in [0.25, 0.3) is 5.57 Å². The molecule has 2 nitrogen and oxygen atoms in total. The summed E-state index contributed by atoms with van der Waals surface area (Å²) < 4.78 is 4.72. The molecule has 0 fully saturated rings. The predicted molar refractivity (Wildman–Crippen MR) is 82.6 cm³/mol. The van der Waals surface area contributed by atoms with E-state index in [-0.39, 0.29) is 5.97 Å². The van der Waals surface area contributed by atoms with Gasteiger partial charge in [0.05, 0.1) is 12.7 Å². The van der Waals surface area contributed by atoms with Crippen molar-refractivity contribution in [1.29, 1.82) is 0 Å². The highest BCUT2D eigenvalue weighted by molar-refractivity contribution is 5.89. The van der Waals surface area contributed by atoms with Crippen LogP contribution < -0.4 is 0 Å². The van der Waals surface area contributed by atoms with Crippen LogP contribution in [0.5, 0.6) is 0 Å². The number of rotatable bonds is 4. The Bertz CT molecular complexity index is 499. The lowest BCUT2D eigenvalue weighted by Gasteiger charge is -2.32. The van der Waals surface area contributed by atoms with Crippen LogP contribution in [0.4, 0.5) is 0 Å². The topological polar surface area (TPSA) is 26.3 Å². The molecule has 0 saturated carbocycles. The fourth-order valence-corrected chi connectivity index (χ4v) is 3.04. The molecule has 1 atom stereocenters. The van der Waals surface area contributed by atoms with Crippen molar-refractivity contribution >= 4 is 11.5 Å². The lowest BCUT2D eigenvalue weighted by atomic mass is 9.73.